The van der Waals surface area contributed by atoms with Crippen molar-refractivity contribution in [2.45, 2.75) is 32.1 Å². The molecule has 1 aromatic heterocycles. The number of halogens is 2. The van der Waals surface area contributed by atoms with Gasteiger partial charge in [-0.3, -0.25) is 4.90 Å². The Labute approximate surface area is 140 Å². The van der Waals surface area contributed by atoms with Gasteiger partial charge in [0, 0.05) is 31.5 Å². The van der Waals surface area contributed by atoms with Gasteiger partial charge in [-0.2, -0.15) is 0 Å². The van der Waals surface area contributed by atoms with Gasteiger partial charge in [0.25, 0.3) is 0 Å². The molecule has 4 nitrogen and oxygen atoms in total. The molecule has 1 aliphatic rings. The van der Waals surface area contributed by atoms with Crippen LogP contribution in [0.2, 0.25) is 10.0 Å². The predicted molar refractivity (Wildman–Crippen MR) is 88.1 cm³/mol. The fourth-order valence-corrected chi connectivity index (χ4v) is 3.01. The lowest BCUT2D eigenvalue weighted by Gasteiger charge is -2.31. The van der Waals surface area contributed by atoms with Crippen LogP contribution in [0, 0.1) is 0 Å². The zero-order valence-corrected chi connectivity index (χ0v) is 13.8. The van der Waals surface area contributed by atoms with Gasteiger partial charge in [-0.05, 0) is 30.5 Å². The van der Waals surface area contributed by atoms with Crippen LogP contribution in [0.1, 0.15) is 24.1 Å². The fourth-order valence-electron chi connectivity index (χ4n) is 2.69. The van der Waals surface area contributed by atoms with Crippen molar-refractivity contribution < 1.29 is 4.74 Å². The van der Waals surface area contributed by atoms with E-state index in [2.05, 4.69) is 14.9 Å². The molecule has 0 spiro atoms. The Kier molecular flexibility index (Phi) is 5.37. The van der Waals surface area contributed by atoms with Gasteiger partial charge in [0.2, 0.25) is 0 Å². The SMILES string of the molecule is Clc1ccc(COC2CCN(Cc3cnc[nH]3)CC2)cc1Cl. The minimum absolute atomic E-state index is 0.312. The Hall–Kier alpha value is -1.07. The molecule has 1 saturated heterocycles. The van der Waals surface area contributed by atoms with Crippen LogP contribution in [0.25, 0.3) is 0 Å². The number of hydrogen-bond donors (Lipinski definition) is 1. The third-order valence-corrected chi connectivity index (χ3v) is 4.69. The second-order valence-electron chi connectivity index (χ2n) is 5.61. The van der Waals surface area contributed by atoms with Crippen molar-refractivity contribution >= 4 is 23.2 Å². The third kappa shape index (κ3) is 4.23. The van der Waals surface area contributed by atoms with E-state index in [1.165, 1.54) is 0 Å². The van der Waals surface area contributed by atoms with Crippen molar-refractivity contribution in [2.75, 3.05) is 13.1 Å². The summed E-state index contributed by atoms with van der Waals surface area (Å²) >= 11 is 11.9. The van der Waals surface area contributed by atoms with E-state index in [4.69, 9.17) is 27.9 Å². The average molecular weight is 340 g/mol. The average Bonchev–Trinajstić information content (AvgIpc) is 3.03. The Morgan fingerprint density at radius 3 is 2.73 bits per heavy atom. The highest BCUT2D eigenvalue weighted by Crippen LogP contribution is 2.24. The second-order valence-corrected chi connectivity index (χ2v) is 6.43. The molecule has 1 fully saturated rings. The van der Waals surface area contributed by atoms with Crippen LogP contribution in [0.4, 0.5) is 0 Å². The van der Waals surface area contributed by atoms with Crippen LogP contribution < -0.4 is 0 Å². The monoisotopic (exact) mass is 339 g/mol. The van der Waals surface area contributed by atoms with Gasteiger partial charge in [0.1, 0.15) is 0 Å². The lowest BCUT2D eigenvalue weighted by Crippen LogP contribution is -2.36. The van der Waals surface area contributed by atoms with E-state index in [1.807, 2.05) is 24.4 Å². The zero-order valence-electron chi connectivity index (χ0n) is 12.3. The van der Waals surface area contributed by atoms with E-state index < -0.39 is 0 Å². The highest BCUT2D eigenvalue weighted by molar-refractivity contribution is 6.42. The molecule has 2 heterocycles. The van der Waals surface area contributed by atoms with E-state index in [1.54, 1.807) is 6.33 Å². The Balaban J connectivity index is 1.43. The van der Waals surface area contributed by atoms with E-state index >= 15 is 0 Å². The van der Waals surface area contributed by atoms with E-state index in [0.717, 1.165) is 43.7 Å². The molecule has 3 rings (SSSR count). The summed E-state index contributed by atoms with van der Waals surface area (Å²) in [5.74, 6) is 0. The summed E-state index contributed by atoms with van der Waals surface area (Å²) in [4.78, 5) is 9.62. The number of hydrogen-bond acceptors (Lipinski definition) is 3. The zero-order chi connectivity index (χ0) is 15.4. The van der Waals surface area contributed by atoms with E-state index in [0.29, 0.717) is 22.8 Å². The number of aromatic nitrogens is 2. The summed E-state index contributed by atoms with van der Waals surface area (Å²) < 4.78 is 6.00. The summed E-state index contributed by atoms with van der Waals surface area (Å²) in [6, 6.07) is 5.65. The molecule has 0 bridgehead atoms. The van der Waals surface area contributed by atoms with Crippen molar-refractivity contribution in [3.8, 4) is 0 Å². The van der Waals surface area contributed by atoms with Gasteiger partial charge in [-0.15, -0.1) is 0 Å². The number of piperidine rings is 1. The minimum atomic E-state index is 0.312. The quantitative estimate of drug-likeness (QED) is 0.898. The van der Waals surface area contributed by atoms with Gasteiger partial charge in [-0.1, -0.05) is 29.3 Å². The summed E-state index contributed by atoms with van der Waals surface area (Å²) in [5, 5.41) is 1.16. The fraction of sp³-hybridized carbons (Fsp3) is 0.438. The van der Waals surface area contributed by atoms with Gasteiger partial charge >= 0.3 is 0 Å². The van der Waals surface area contributed by atoms with Gasteiger partial charge in [-0.25, -0.2) is 4.98 Å². The molecule has 1 aliphatic heterocycles. The van der Waals surface area contributed by atoms with Crippen molar-refractivity contribution in [3.05, 3.63) is 52.0 Å². The van der Waals surface area contributed by atoms with Gasteiger partial charge in [0.05, 0.1) is 29.1 Å². The first-order valence-electron chi connectivity index (χ1n) is 7.46. The molecule has 0 aliphatic carbocycles. The maximum absolute atomic E-state index is 6.02. The molecule has 1 aromatic carbocycles. The maximum atomic E-state index is 6.02. The van der Waals surface area contributed by atoms with E-state index in [9.17, 15) is 0 Å². The lowest BCUT2D eigenvalue weighted by molar-refractivity contribution is -0.00412. The minimum Gasteiger partial charge on any atom is -0.373 e. The maximum Gasteiger partial charge on any atom is 0.0922 e. The number of nitrogens with one attached hydrogen (secondary N) is 1. The molecule has 0 radical (unpaired) electrons. The van der Waals surface area contributed by atoms with Crippen molar-refractivity contribution in [1.82, 2.24) is 14.9 Å². The molecule has 0 saturated carbocycles. The largest absolute Gasteiger partial charge is 0.373 e. The molecule has 1 N–H and O–H groups in total. The van der Waals surface area contributed by atoms with E-state index in [-0.39, 0.29) is 0 Å². The van der Waals surface area contributed by atoms with Crippen LogP contribution in [0.5, 0.6) is 0 Å². The molecule has 0 atom stereocenters. The van der Waals surface area contributed by atoms with Crippen LogP contribution in [0.3, 0.4) is 0 Å². The molecule has 0 amide bonds. The molecule has 2 aromatic rings. The number of H-pyrrole nitrogens is 1. The van der Waals surface area contributed by atoms with Crippen LogP contribution in [0.15, 0.2) is 30.7 Å². The van der Waals surface area contributed by atoms with Gasteiger partial charge in [0.15, 0.2) is 0 Å². The molecule has 0 unspecified atom stereocenters. The van der Waals surface area contributed by atoms with Crippen molar-refractivity contribution in [2.24, 2.45) is 0 Å². The van der Waals surface area contributed by atoms with Crippen molar-refractivity contribution in [1.29, 1.82) is 0 Å². The Morgan fingerprint density at radius 2 is 2.05 bits per heavy atom. The number of aromatic amines is 1. The number of nitrogens with zero attached hydrogens (tertiary/aromatic N) is 2. The molecule has 6 heteroatoms. The molecular formula is C16H19Cl2N3O. The third-order valence-electron chi connectivity index (χ3n) is 3.95. The second kappa shape index (κ2) is 7.47. The molecular weight excluding hydrogens is 321 g/mol. The highest BCUT2D eigenvalue weighted by atomic mass is 35.5. The normalized spacial score (nSPS) is 17.0. The lowest BCUT2D eigenvalue weighted by atomic mass is 10.1. The molecule has 22 heavy (non-hydrogen) atoms. The molecule has 118 valence electrons. The summed E-state index contributed by atoms with van der Waals surface area (Å²) in [5.41, 5.74) is 2.23. The number of benzene rings is 1. The first-order valence-corrected chi connectivity index (χ1v) is 8.21. The Bertz CT molecular complexity index is 595. The number of ether oxygens (including phenoxy) is 1. The summed E-state index contributed by atoms with van der Waals surface area (Å²) in [7, 11) is 0. The predicted octanol–water partition coefficient (Wildman–Crippen LogP) is 3.90. The first kappa shape index (κ1) is 15.8. The van der Waals surface area contributed by atoms with Crippen LogP contribution in [-0.2, 0) is 17.9 Å². The first-order chi connectivity index (χ1) is 10.7. The summed E-state index contributed by atoms with van der Waals surface area (Å²) in [6.07, 6.45) is 6.02. The summed E-state index contributed by atoms with van der Waals surface area (Å²) in [6.45, 7) is 3.61. The van der Waals surface area contributed by atoms with Crippen LogP contribution in [-0.4, -0.2) is 34.1 Å². The van der Waals surface area contributed by atoms with Gasteiger partial charge < -0.3 is 9.72 Å². The van der Waals surface area contributed by atoms with Crippen molar-refractivity contribution in [3.63, 3.8) is 0 Å². The highest BCUT2D eigenvalue weighted by Gasteiger charge is 2.20. The number of likely N-dealkylation sites (tertiary alicyclic amines) is 1. The number of rotatable bonds is 5. The van der Waals surface area contributed by atoms with Crippen LogP contribution >= 0.6 is 23.2 Å². The number of imidazole rings is 1. The smallest absolute Gasteiger partial charge is 0.0922 e. The standard InChI is InChI=1S/C16H19Cl2N3O/c17-15-2-1-12(7-16(15)18)10-22-14-3-5-21(6-4-14)9-13-8-19-11-20-13/h1-2,7-8,11,14H,3-6,9-10H2,(H,19,20). The topological polar surface area (TPSA) is 41.1 Å². The Morgan fingerprint density at radius 1 is 1.23 bits per heavy atom.